The molecule has 136 valence electrons. The SMILES string of the molecule is CCCN(CCC)c1c([N+](=O)[O-])cc(S(=O)(=O)[O-])cc1[N+](=O)[O-].[NH4+]. The van der Waals surface area contributed by atoms with Gasteiger partial charge in [0.1, 0.15) is 10.1 Å². The summed E-state index contributed by atoms with van der Waals surface area (Å²) in [5, 5.41) is 22.5. The second-order valence-electron chi connectivity index (χ2n) is 4.77. The molecular formula is C12H20N4O7S. The van der Waals surface area contributed by atoms with E-state index in [1.54, 1.807) is 13.8 Å². The first-order valence-electron chi connectivity index (χ1n) is 6.81. The van der Waals surface area contributed by atoms with E-state index in [2.05, 4.69) is 0 Å². The summed E-state index contributed by atoms with van der Waals surface area (Å²) < 4.78 is 33.3. The van der Waals surface area contributed by atoms with E-state index in [-0.39, 0.29) is 11.8 Å². The third-order valence-electron chi connectivity index (χ3n) is 3.03. The van der Waals surface area contributed by atoms with Gasteiger partial charge in [0.05, 0.1) is 14.7 Å². The Morgan fingerprint density at radius 3 is 1.62 bits per heavy atom. The van der Waals surface area contributed by atoms with E-state index in [1.165, 1.54) is 4.90 Å². The van der Waals surface area contributed by atoms with Crippen LogP contribution in [0.4, 0.5) is 17.1 Å². The van der Waals surface area contributed by atoms with Crippen molar-refractivity contribution in [2.24, 2.45) is 0 Å². The molecule has 1 aromatic rings. The van der Waals surface area contributed by atoms with Gasteiger partial charge in [0, 0.05) is 25.2 Å². The van der Waals surface area contributed by atoms with Gasteiger partial charge in [-0.05, 0) is 12.8 Å². The molecule has 0 aromatic heterocycles. The van der Waals surface area contributed by atoms with Gasteiger partial charge in [-0.3, -0.25) is 20.2 Å². The quantitative estimate of drug-likeness (QED) is 0.414. The third kappa shape index (κ3) is 4.84. The largest absolute Gasteiger partial charge is 0.744 e. The zero-order chi connectivity index (χ0) is 17.8. The number of hydrogen-bond donors (Lipinski definition) is 1. The Morgan fingerprint density at radius 2 is 1.38 bits per heavy atom. The number of nitro groups is 2. The second kappa shape index (κ2) is 8.52. The molecule has 0 aliphatic heterocycles. The molecule has 0 atom stereocenters. The van der Waals surface area contributed by atoms with Gasteiger partial charge in [0.25, 0.3) is 0 Å². The Labute approximate surface area is 138 Å². The van der Waals surface area contributed by atoms with Crippen LogP contribution >= 0.6 is 0 Å². The summed E-state index contributed by atoms with van der Waals surface area (Å²) in [6.45, 7) is 4.24. The highest BCUT2D eigenvalue weighted by molar-refractivity contribution is 7.85. The maximum absolute atomic E-state index is 11.2. The van der Waals surface area contributed by atoms with Crippen LogP contribution in [0.25, 0.3) is 0 Å². The lowest BCUT2D eigenvalue weighted by atomic mass is 10.2. The van der Waals surface area contributed by atoms with Crippen molar-refractivity contribution in [3.63, 3.8) is 0 Å². The molecule has 24 heavy (non-hydrogen) atoms. The first-order valence-corrected chi connectivity index (χ1v) is 8.21. The van der Waals surface area contributed by atoms with E-state index in [4.69, 9.17) is 0 Å². The van der Waals surface area contributed by atoms with Gasteiger partial charge < -0.3 is 15.6 Å². The zero-order valence-corrected chi connectivity index (χ0v) is 14.4. The molecule has 0 fully saturated rings. The molecule has 4 N–H and O–H groups in total. The number of hydrogen-bond acceptors (Lipinski definition) is 8. The zero-order valence-electron chi connectivity index (χ0n) is 13.6. The van der Waals surface area contributed by atoms with Crippen molar-refractivity contribution in [2.75, 3.05) is 18.0 Å². The lowest BCUT2D eigenvalue weighted by molar-refractivity contribution is -0.393. The number of anilines is 1. The smallest absolute Gasteiger partial charge is 0.300 e. The highest BCUT2D eigenvalue weighted by Crippen LogP contribution is 2.40. The minimum Gasteiger partial charge on any atom is -0.744 e. The maximum atomic E-state index is 11.2. The maximum Gasteiger partial charge on any atom is 0.300 e. The fourth-order valence-electron chi connectivity index (χ4n) is 2.20. The van der Waals surface area contributed by atoms with Gasteiger partial charge in [0.2, 0.25) is 0 Å². The number of nitrogens with zero attached hydrogens (tertiary/aromatic N) is 3. The summed E-state index contributed by atoms with van der Waals surface area (Å²) in [6.07, 6.45) is 1.16. The van der Waals surface area contributed by atoms with E-state index in [9.17, 15) is 33.2 Å². The molecule has 1 aromatic carbocycles. The van der Waals surface area contributed by atoms with Crippen LogP contribution in [0.5, 0.6) is 0 Å². The molecule has 0 heterocycles. The molecule has 0 amide bonds. The molecule has 12 heteroatoms. The van der Waals surface area contributed by atoms with Crippen molar-refractivity contribution >= 4 is 27.2 Å². The summed E-state index contributed by atoms with van der Waals surface area (Å²) in [7, 11) is -5.06. The molecule has 0 bridgehead atoms. The minimum atomic E-state index is -5.06. The van der Waals surface area contributed by atoms with Crippen molar-refractivity contribution in [1.29, 1.82) is 0 Å². The number of benzene rings is 1. The van der Waals surface area contributed by atoms with Crippen molar-refractivity contribution in [3.05, 3.63) is 32.4 Å². The van der Waals surface area contributed by atoms with Crippen molar-refractivity contribution in [2.45, 2.75) is 31.6 Å². The van der Waals surface area contributed by atoms with Crippen LogP contribution in [0.2, 0.25) is 0 Å². The molecule has 0 spiro atoms. The minimum absolute atomic E-state index is 0. The molecule has 0 aliphatic carbocycles. The molecule has 1 rings (SSSR count). The van der Waals surface area contributed by atoms with E-state index >= 15 is 0 Å². The topological polar surface area (TPSA) is 183 Å². The highest BCUT2D eigenvalue weighted by atomic mass is 32.2. The van der Waals surface area contributed by atoms with Gasteiger partial charge >= 0.3 is 11.4 Å². The van der Waals surface area contributed by atoms with E-state index in [0.717, 1.165) is 0 Å². The fourth-order valence-corrected chi connectivity index (χ4v) is 2.71. The molecule has 0 saturated heterocycles. The molecule has 0 aliphatic rings. The van der Waals surface area contributed by atoms with Crippen LogP contribution < -0.4 is 11.1 Å². The predicted molar refractivity (Wildman–Crippen MR) is 86.5 cm³/mol. The number of rotatable bonds is 8. The average molecular weight is 364 g/mol. The third-order valence-corrected chi connectivity index (χ3v) is 3.84. The molecule has 0 unspecified atom stereocenters. The first-order chi connectivity index (χ1) is 10.6. The first kappa shape index (κ1) is 21.7. The fraction of sp³-hybridized carbons (Fsp3) is 0.500. The van der Waals surface area contributed by atoms with E-state index in [0.29, 0.717) is 38.1 Å². The lowest BCUT2D eigenvalue weighted by Crippen LogP contribution is -2.26. The van der Waals surface area contributed by atoms with Crippen molar-refractivity contribution in [3.8, 4) is 0 Å². The van der Waals surface area contributed by atoms with Gasteiger partial charge in [-0.1, -0.05) is 13.8 Å². The van der Waals surface area contributed by atoms with Crippen molar-refractivity contribution in [1.82, 2.24) is 6.15 Å². The highest BCUT2D eigenvalue weighted by Gasteiger charge is 2.31. The van der Waals surface area contributed by atoms with Gasteiger partial charge in [-0.2, -0.15) is 0 Å². The van der Waals surface area contributed by atoms with Gasteiger partial charge in [0.15, 0.2) is 5.69 Å². The summed E-state index contributed by atoms with van der Waals surface area (Å²) in [5.41, 5.74) is -1.82. The summed E-state index contributed by atoms with van der Waals surface area (Å²) >= 11 is 0. The van der Waals surface area contributed by atoms with Crippen LogP contribution in [0.15, 0.2) is 17.0 Å². The average Bonchev–Trinajstić information content (AvgIpc) is 2.44. The van der Waals surface area contributed by atoms with Crippen LogP contribution in [-0.2, 0) is 10.1 Å². The summed E-state index contributed by atoms with van der Waals surface area (Å²) in [4.78, 5) is 21.1. The van der Waals surface area contributed by atoms with Crippen LogP contribution in [0.3, 0.4) is 0 Å². The second-order valence-corrected chi connectivity index (χ2v) is 6.15. The Bertz CT molecular complexity index is 679. The van der Waals surface area contributed by atoms with Crippen LogP contribution in [0, 0.1) is 20.2 Å². The standard InChI is InChI=1S/C12H17N3O7S.H3N/c1-3-5-13(6-4-2)12-10(14(16)17)7-9(23(20,21)22)8-11(12)15(18)19;/h7-8H,3-6H2,1-2H3,(H,20,21,22);1H3. The molecule has 11 nitrogen and oxygen atoms in total. The molecular weight excluding hydrogens is 344 g/mol. The Kier molecular flexibility index (Phi) is 7.70. The van der Waals surface area contributed by atoms with Crippen LogP contribution in [0.1, 0.15) is 26.7 Å². The van der Waals surface area contributed by atoms with Gasteiger partial charge in [-0.15, -0.1) is 0 Å². The van der Waals surface area contributed by atoms with Crippen molar-refractivity contribution < 1.29 is 22.8 Å². The monoisotopic (exact) mass is 364 g/mol. The Balaban J connectivity index is 0.00000529. The molecule has 0 saturated carbocycles. The Morgan fingerprint density at radius 1 is 1.00 bits per heavy atom. The number of quaternary nitrogens is 1. The van der Waals surface area contributed by atoms with E-state index in [1.807, 2.05) is 0 Å². The Hall–Kier alpha value is -2.31. The van der Waals surface area contributed by atoms with Gasteiger partial charge in [-0.25, -0.2) is 8.42 Å². The normalized spacial score (nSPS) is 10.8. The van der Waals surface area contributed by atoms with E-state index < -0.39 is 36.2 Å². The lowest BCUT2D eigenvalue weighted by Gasteiger charge is -2.23. The predicted octanol–water partition coefficient (Wildman–Crippen LogP) is 2.41. The number of nitro benzene ring substituents is 2. The molecule has 0 radical (unpaired) electrons. The summed E-state index contributed by atoms with van der Waals surface area (Å²) in [5.74, 6) is 0. The summed E-state index contributed by atoms with van der Waals surface area (Å²) in [6, 6.07) is 1.14. The van der Waals surface area contributed by atoms with Crippen LogP contribution in [-0.4, -0.2) is 35.9 Å².